The predicted octanol–water partition coefficient (Wildman–Crippen LogP) is -4.91. The van der Waals surface area contributed by atoms with E-state index in [-0.39, 0.29) is 44.0 Å². The van der Waals surface area contributed by atoms with Crippen LogP contribution >= 0.6 is 0 Å². The molecule has 0 bridgehead atoms. The molecule has 1 aromatic rings. The van der Waals surface area contributed by atoms with Crippen LogP contribution in [0, 0.1) is 5.92 Å². The van der Waals surface area contributed by atoms with Gasteiger partial charge in [0, 0.05) is 6.42 Å². The van der Waals surface area contributed by atoms with Gasteiger partial charge < -0.3 is 85.1 Å². The Morgan fingerprint density at radius 3 is 1.64 bits per heavy atom. The van der Waals surface area contributed by atoms with Crippen LogP contribution in [0.2, 0.25) is 0 Å². The molecule has 2 rings (SSSR count). The molecule has 1 aliphatic rings. The van der Waals surface area contributed by atoms with Crippen molar-refractivity contribution < 1.29 is 68.4 Å². The molecule has 0 aromatic heterocycles. The summed E-state index contributed by atoms with van der Waals surface area (Å²) in [5.74, 6) is -9.38. The Balaban J connectivity index is 2.24. The first-order valence-corrected chi connectivity index (χ1v) is 24.2. The number of nitrogens with two attached hydrogens (primary N) is 2. The smallest absolute Gasteiger partial charge is 0.328 e. The van der Waals surface area contributed by atoms with E-state index in [0.717, 1.165) is 6.42 Å². The maximum Gasteiger partial charge on any atom is 0.328 e. The number of hydrogen-bond donors (Lipinski definition) is 16. The van der Waals surface area contributed by atoms with Crippen molar-refractivity contribution >= 4 is 59.1 Å². The second kappa shape index (κ2) is 32.5. The van der Waals surface area contributed by atoms with E-state index in [1.54, 1.807) is 13.8 Å². The van der Waals surface area contributed by atoms with Gasteiger partial charge in [0.2, 0.25) is 53.2 Å². The van der Waals surface area contributed by atoms with Crippen LogP contribution in [0.15, 0.2) is 24.3 Å². The van der Waals surface area contributed by atoms with Gasteiger partial charge in [0.15, 0.2) is 0 Å². The number of hydrogen-bond acceptors (Lipinski definition) is 16. The van der Waals surface area contributed by atoms with Gasteiger partial charge in [-0.25, -0.2) is 4.79 Å². The van der Waals surface area contributed by atoms with Gasteiger partial charge in [-0.05, 0) is 108 Å². The van der Waals surface area contributed by atoms with Crippen molar-refractivity contribution in [3.63, 3.8) is 0 Å². The number of aromatic hydroxyl groups is 1. The third-order valence-corrected chi connectivity index (χ3v) is 11.9. The summed E-state index contributed by atoms with van der Waals surface area (Å²) in [4.78, 5) is 131. The number of phenolic OH excluding ortho intramolecular Hbond substituents is 1. The number of carbonyl (C=O) groups excluding carboxylic acids is 9. The maximum absolute atomic E-state index is 14.0. The molecule has 1 fully saturated rings. The third kappa shape index (κ3) is 21.5. The van der Waals surface area contributed by atoms with Gasteiger partial charge >= 0.3 is 5.97 Å². The molecule has 0 unspecified atom stereocenters. The van der Waals surface area contributed by atoms with E-state index in [2.05, 4.69) is 53.2 Å². The molecule has 26 heteroatoms. The molecule has 0 aliphatic carbocycles. The van der Waals surface area contributed by atoms with Gasteiger partial charge in [0.05, 0.1) is 25.8 Å². The van der Waals surface area contributed by atoms with Gasteiger partial charge in [0.1, 0.15) is 54.1 Å². The number of rotatable bonds is 33. The van der Waals surface area contributed by atoms with E-state index in [4.69, 9.17) is 11.5 Å². The number of unbranched alkanes of at least 4 members (excludes halogenated alkanes) is 2. The minimum Gasteiger partial charge on any atom is -0.508 e. The number of carboxylic acid groups (broad SMARTS) is 1. The fourth-order valence-electron chi connectivity index (χ4n) is 7.28. The molecule has 404 valence electrons. The van der Waals surface area contributed by atoms with Gasteiger partial charge in [0.25, 0.3) is 0 Å². The first-order valence-electron chi connectivity index (χ1n) is 24.2. The molecule has 1 aromatic carbocycles. The molecule has 26 nitrogen and oxygen atoms in total. The van der Waals surface area contributed by atoms with E-state index >= 15 is 0 Å². The summed E-state index contributed by atoms with van der Waals surface area (Å²) in [5.41, 5.74) is 11.7. The molecule has 10 atom stereocenters. The van der Waals surface area contributed by atoms with E-state index in [1.165, 1.54) is 38.1 Å². The molecule has 72 heavy (non-hydrogen) atoms. The number of aliphatic hydroxyl groups excluding tert-OH is 2. The number of carbonyl (C=O) groups is 10. The second-order valence-corrected chi connectivity index (χ2v) is 17.7. The summed E-state index contributed by atoms with van der Waals surface area (Å²) < 4.78 is 0. The first kappa shape index (κ1) is 61.6. The molecule has 0 spiro atoms. The molecule has 1 saturated heterocycles. The maximum atomic E-state index is 14.0. The van der Waals surface area contributed by atoms with Crippen LogP contribution in [0.4, 0.5) is 0 Å². The molecular weight excluding hydrogens is 945 g/mol. The van der Waals surface area contributed by atoms with Crippen LogP contribution in [0.5, 0.6) is 5.75 Å². The Bertz CT molecular complexity index is 1970. The Kier molecular flexibility index (Phi) is 27.8. The zero-order chi connectivity index (χ0) is 53.9. The van der Waals surface area contributed by atoms with Crippen LogP contribution < -0.4 is 64.6 Å². The molecular formula is C46H76N12O14. The highest BCUT2D eigenvalue weighted by Gasteiger charge is 2.35. The summed E-state index contributed by atoms with van der Waals surface area (Å²) in [6.07, 6.45) is 3.21. The van der Waals surface area contributed by atoms with Crippen molar-refractivity contribution in [3.05, 3.63) is 29.8 Å². The molecule has 1 heterocycles. The van der Waals surface area contributed by atoms with E-state index < -0.39 is 133 Å². The van der Waals surface area contributed by atoms with Crippen LogP contribution in [0.25, 0.3) is 0 Å². The first-order chi connectivity index (χ1) is 34.2. The lowest BCUT2D eigenvalue weighted by molar-refractivity contribution is -0.143. The number of phenols is 1. The summed E-state index contributed by atoms with van der Waals surface area (Å²) in [5, 5.41) is 64.3. The van der Waals surface area contributed by atoms with E-state index in [0.29, 0.717) is 50.6 Å². The largest absolute Gasteiger partial charge is 0.508 e. The van der Waals surface area contributed by atoms with Crippen molar-refractivity contribution in [2.45, 2.75) is 146 Å². The Morgan fingerprint density at radius 2 is 1.12 bits per heavy atom. The third-order valence-electron chi connectivity index (χ3n) is 11.9. The molecule has 9 amide bonds. The van der Waals surface area contributed by atoms with Crippen LogP contribution in [0.1, 0.15) is 91.0 Å². The summed E-state index contributed by atoms with van der Waals surface area (Å²) in [6.45, 7) is 4.85. The van der Waals surface area contributed by atoms with Gasteiger partial charge in [-0.15, -0.1) is 0 Å². The average molecular weight is 1020 g/mol. The molecule has 0 radical (unpaired) electrons. The van der Waals surface area contributed by atoms with Crippen molar-refractivity contribution in [1.29, 1.82) is 0 Å². The highest BCUT2D eigenvalue weighted by Crippen LogP contribution is 2.14. The Labute approximate surface area is 418 Å². The van der Waals surface area contributed by atoms with E-state index in [9.17, 15) is 68.4 Å². The highest BCUT2D eigenvalue weighted by atomic mass is 16.4. The van der Waals surface area contributed by atoms with Crippen molar-refractivity contribution in [1.82, 2.24) is 53.2 Å². The number of nitrogens with one attached hydrogen (secondary N) is 10. The summed E-state index contributed by atoms with van der Waals surface area (Å²) >= 11 is 0. The number of amides is 9. The SMILES string of the molecule is CC[C@H](C)[C@H](NC(=O)[C@H](CO)NC(=O)[C@H](Cc1ccc(O)cc1)NC(=O)[C@@H](C)NC(=O)CNC(=O)[C@H](C)NC(=O)[C@@H]1CCCN1)C(=O)N[C@@H](CCCCN)C(=O)N[C@@H](CCCCN)C(=O)N[C@@H](CO)C(=O)O. The van der Waals surface area contributed by atoms with E-state index in [1.807, 2.05) is 0 Å². The molecule has 0 saturated carbocycles. The number of carboxylic acids is 1. The number of aliphatic carboxylic acids is 1. The summed E-state index contributed by atoms with van der Waals surface area (Å²) in [7, 11) is 0. The standard InChI is InChI=1S/C46H76N12O14/c1-5-25(2)37(45(70)54-32(12-7-9-19-48)41(66)53-31(11-6-8-18-47)42(67)57-35(24-60)46(71)72)58-44(69)34(23-59)56-43(68)33(21-28-14-16-29(61)17-15-28)55-39(64)27(4)51-36(62)22-50-38(63)26(3)52-40(65)30-13-10-20-49-30/h14-17,25-27,30-35,37,49,59-61H,5-13,18-24,47-48H2,1-4H3,(H,50,63)(H,51,62)(H,52,65)(H,53,66)(H,54,70)(H,55,64)(H,56,68)(H,57,67)(H,58,69)(H,71,72)/t25-,26-,27+,30-,31-,32-,33-,34-,35-,37-/m0/s1. The minimum absolute atomic E-state index is 0.0303. The fraction of sp³-hybridized carbons (Fsp3) is 0.652. The zero-order valence-electron chi connectivity index (χ0n) is 41.4. The Hall–Kier alpha value is -6.48. The van der Waals surface area contributed by atoms with Crippen molar-refractivity contribution in [3.8, 4) is 5.75 Å². The quantitative estimate of drug-likeness (QED) is 0.0294. The Morgan fingerprint density at radius 1 is 0.625 bits per heavy atom. The lowest BCUT2D eigenvalue weighted by Crippen LogP contribution is -2.61. The topological polar surface area (TPSA) is 424 Å². The number of aliphatic hydroxyl groups is 2. The predicted molar refractivity (Wildman–Crippen MR) is 260 cm³/mol. The van der Waals surface area contributed by atoms with Gasteiger partial charge in [-0.2, -0.15) is 0 Å². The van der Waals surface area contributed by atoms with Crippen LogP contribution in [-0.2, 0) is 54.4 Å². The van der Waals surface area contributed by atoms with Gasteiger partial charge in [-0.1, -0.05) is 32.4 Å². The minimum atomic E-state index is -1.71. The monoisotopic (exact) mass is 1020 g/mol. The zero-order valence-corrected chi connectivity index (χ0v) is 41.4. The highest BCUT2D eigenvalue weighted by molar-refractivity contribution is 5.98. The molecule has 1 aliphatic heterocycles. The second-order valence-electron chi connectivity index (χ2n) is 17.7. The van der Waals surface area contributed by atoms with Gasteiger partial charge in [-0.3, -0.25) is 43.2 Å². The van der Waals surface area contributed by atoms with Crippen LogP contribution in [0.3, 0.4) is 0 Å². The molecule has 18 N–H and O–H groups in total. The van der Waals surface area contributed by atoms with Crippen molar-refractivity contribution in [2.75, 3.05) is 39.4 Å². The normalized spacial score (nSPS) is 16.9. The van der Waals surface area contributed by atoms with Crippen molar-refractivity contribution in [2.24, 2.45) is 17.4 Å². The van der Waals surface area contributed by atoms with Crippen LogP contribution in [-0.4, -0.2) is 173 Å². The average Bonchev–Trinajstić information content (AvgIpc) is 3.90. The summed E-state index contributed by atoms with van der Waals surface area (Å²) in [6, 6.07) is -5.80. The lowest BCUT2D eigenvalue weighted by atomic mass is 9.97. The number of benzene rings is 1. The fourth-order valence-corrected chi connectivity index (χ4v) is 7.28. The lowest BCUT2D eigenvalue weighted by Gasteiger charge is -2.29.